The number of thiophene rings is 1. The number of rotatable bonds is 7. The van der Waals surface area contributed by atoms with Crippen LogP contribution < -0.4 is 5.32 Å². The van der Waals surface area contributed by atoms with E-state index in [2.05, 4.69) is 49.5 Å². The number of pyridine rings is 3. The second kappa shape index (κ2) is 9.10. The van der Waals surface area contributed by atoms with Gasteiger partial charge in [0.25, 0.3) is 0 Å². The summed E-state index contributed by atoms with van der Waals surface area (Å²) in [5.74, 6) is 0.0633. The van der Waals surface area contributed by atoms with Gasteiger partial charge in [-0.2, -0.15) is 5.10 Å². The molecule has 178 valence electrons. The highest BCUT2D eigenvalue weighted by molar-refractivity contribution is 7.17. The van der Waals surface area contributed by atoms with Crippen LogP contribution in [0.2, 0.25) is 0 Å². The average molecular weight is 494 g/mol. The second-order valence-corrected chi connectivity index (χ2v) is 9.66. The summed E-state index contributed by atoms with van der Waals surface area (Å²) in [7, 11) is 0. The van der Waals surface area contributed by atoms with E-state index >= 15 is 0 Å². The lowest BCUT2D eigenvalue weighted by Gasteiger charge is -2.05. The molecule has 8 nitrogen and oxygen atoms in total. The quantitative estimate of drug-likeness (QED) is 0.249. The Labute approximate surface area is 210 Å². The summed E-state index contributed by atoms with van der Waals surface area (Å²) in [6.07, 6.45) is 7.34. The van der Waals surface area contributed by atoms with Gasteiger partial charge in [0.1, 0.15) is 11.2 Å². The Bertz CT molecular complexity index is 1730. The van der Waals surface area contributed by atoms with Gasteiger partial charge < -0.3 is 10.3 Å². The largest absolute Gasteiger partial charge is 0.352 e. The third-order valence-electron chi connectivity index (χ3n) is 6.10. The van der Waals surface area contributed by atoms with Gasteiger partial charge >= 0.3 is 0 Å². The minimum atomic E-state index is 0.0633. The third-order valence-corrected chi connectivity index (χ3v) is 7.32. The summed E-state index contributed by atoms with van der Waals surface area (Å²) in [6.45, 7) is 5.33. The molecule has 3 N–H and O–H groups in total. The highest BCUT2D eigenvalue weighted by Crippen LogP contribution is 2.36. The maximum Gasteiger partial charge on any atom is 0.169 e. The second-order valence-electron chi connectivity index (χ2n) is 8.58. The molecule has 6 aromatic heterocycles. The molecule has 0 amide bonds. The van der Waals surface area contributed by atoms with Crippen molar-refractivity contribution in [3.05, 3.63) is 71.6 Å². The predicted octanol–water partition coefficient (Wildman–Crippen LogP) is 5.60. The van der Waals surface area contributed by atoms with Crippen molar-refractivity contribution in [2.75, 3.05) is 6.54 Å². The van der Waals surface area contributed by atoms with Crippen LogP contribution in [-0.4, -0.2) is 42.5 Å². The van der Waals surface area contributed by atoms with E-state index in [0.717, 1.165) is 78.6 Å². The lowest BCUT2D eigenvalue weighted by molar-refractivity contribution is 0.102. The zero-order chi connectivity index (χ0) is 24.6. The number of hydrogen-bond donors (Lipinski definition) is 3. The number of fused-ring (bicyclic) bond motifs is 2. The van der Waals surface area contributed by atoms with Crippen molar-refractivity contribution in [3.8, 4) is 33.1 Å². The van der Waals surface area contributed by atoms with Crippen LogP contribution in [0.25, 0.3) is 55.0 Å². The van der Waals surface area contributed by atoms with Crippen molar-refractivity contribution in [1.29, 1.82) is 0 Å². The first kappa shape index (κ1) is 22.3. The van der Waals surface area contributed by atoms with E-state index in [1.165, 1.54) is 11.3 Å². The number of ketones is 1. The fourth-order valence-corrected chi connectivity index (χ4v) is 5.21. The molecule has 0 unspecified atom stereocenters. The fraction of sp³-hybridized carbons (Fsp3) is 0.148. The van der Waals surface area contributed by atoms with E-state index in [4.69, 9.17) is 4.98 Å². The van der Waals surface area contributed by atoms with Crippen LogP contribution in [0.15, 0.2) is 61.2 Å². The molecule has 0 atom stereocenters. The first-order chi connectivity index (χ1) is 17.6. The zero-order valence-electron chi connectivity index (χ0n) is 19.8. The molecule has 0 radical (unpaired) electrons. The number of Topliss-reactive ketones (excluding diaryl/α,β-unsaturated/α-hetero) is 1. The number of H-pyrrole nitrogens is 2. The van der Waals surface area contributed by atoms with Gasteiger partial charge in [-0.1, -0.05) is 6.92 Å². The Morgan fingerprint density at radius 1 is 1.03 bits per heavy atom. The molecule has 0 aromatic carbocycles. The molecule has 0 fully saturated rings. The average Bonchev–Trinajstić information content (AvgIpc) is 3.64. The highest BCUT2D eigenvalue weighted by Gasteiger charge is 2.17. The van der Waals surface area contributed by atoms with Crippen LogP contribution in [0.3, 0.4) is 0 Å². The molecule has 0 saturated heterocycles. The lowest BCUT2D eigenvalue weighted by Crippen LogP contribution is -2.11. The summed E-state index contributed by atoms with van der Waals surface area (Å²) in [5, 5.41) is 12.0. The SMILES string of the molecule is CCNCc1cncc(-c2ccc3[nH]nc(-c4cc5c(-c6ccc(C(C)=O)s6)cncc5[nH]4)c3n2)c1. The monoisotopic (exact) mass is 493 g/mol. The Balaban J connectivity index is 1.42. The molecule has 0 aliphatic rings. The van der Waals surface area contributed by atoms with Crippen molar-refractivity contribution in [1.82, 2.24) is 35.5 Å². The van der Waals surface area contributed by atoms with Crippen molar-refractivity contribution in [2.24, 2.45) is 0 Å². The van der Waals surface area contributed by atoms with E-state index in [1.54, 1.807) is 13.1 Å². The van der Waals surface area contributed by atoms with Crippen molar-refractivity contribution >= 4 is 39.1 Å². The molecule has 0 aliphatic heterocycles. The summed E-state index contributed by atoms with van der Waals surface area (Å²) < 4.78 is 0. The van der Waals surface area contributed by atoms with E-state index in [0.29, 0.717) is 0 Å². The van der Waals surface area contributed by atoms with Gasteiger partial charge in [0.15, 0.2) is 5.78 Å². The Hall–Kier alpha value is -4.21. The number of hydrogen-bond acceptors (Lipinski definition) is 7. The number of nitrogens with one attached hydrogen (secondary N) is 3. The van der Waals surface area contributed by atoms with Gasteiger partial charge in [-0.15, -0.1) is 11.3 Å². The molecule has 0 bridgehead atoms. The minimum absolute atomic E-state index is 0.0633. The minimum Gasteiger partial charge on any atom is -0.352 e. The number of aromatic amines is 2. The molecule has 6 heterocycles. The van der Waals surface area contributed by atoms with Crippen LogP contribution >= 0.6 is 11.3 Å². The van der Waals surface area contributed by atoms with Gasteiger partial charge in [-0.3, -0.25) is 19.9 Å². The first-order valence-corrected chi connectivity index (χ1v) is 12.5. The van der Waals surface area contributed by atoms with Gasteiger partial charge in [0.05, 0.1) is 33.5 Å². The first-order valence-electron chi connectivity index (χ1n) is 11.7. The normalized spacial score (nSPS) is 11.5. The predicted molar refractivity (Wildman–Crippen MR) is 143 cm³/mol. The number of aromatic nitrogens is 6. The summed E-state index contributed by atoms with van der Waals surface area (Å²) in [5.41, 5.74) is 8.00. The maximum absolute atomic E-state index is 11.8. The molecule has 36 heavy (non-hydrogen) atoms. The Morgan fingerprint density at radius 3 is 2.75 bits per heavy atom. The molecule has 9 heteroatoms. The fourth-order valence-electron chi connectivity index (χ4n) is 4.29. The molecule has 0 spiro atoms. The highest BCUT2D eigenvalue weighted by atomic mass is 32.1. The van der Waals surface area contributed by atoms with Crippen molar-refractivity contribution in [2.45, 2.75) is 20.4 Å². The van der Waals surface area contributed by atoms with E-state index in [9.17, 15) is 4.79 Å². The van der Waals surface area contributed by atoms with Gasteiger partial charge in [-0.25, -0.2) is 4.98 Å². The lowest BCUT2D eigenvalue weighted by atomic mass is 10.1. The van der Waals surface area contributed by atoms with Crippen LogP contribution in [0.1, 0.15) is 29.1 Å². The topological polar surface area (TPSA) is 112 Å². The molecule has 6 rings (SSSR count). The van der Waals surface area contributed by atoms with Crippen LogP contribution in [0, 0.1) is 0 Å². The van der Waals surface area contributed by atoms with Gasteiger partial charge in [-0.05, 0) is 55.4 Å². The summed E-state index contributed by atoms with van der Waals surface area (Å²) >= 11 is 1.48. The number of carbonyl (C=O) groups is 1. The van der Waals surface area contributed by atoms with Crippen molar-refractivity contribution < 1.29 is 4.79 Å². The van der Waals surface area contributed by atoms with Crippen LogP contribution in [-0.2, 0) is 6.54 Å². The summed E-state index contributed by atoms with van der Waals surface area (Å²) in [4.78, 5) is 30.8. The Morgan fingerprint density at radius 2 is 1.92 bits per heavy atom. The van der Waals surface area contributed by atoms with E-state index in [-0.39, 0.29) is 5.78 Å². The zero-order valence-corrected chi connectivity index (χ0v) is 20.6. The number of carbonyl (C=O) groups excluding carboxylic acids is 1. The van der Waals surface area contributed by atoms with E-state index < -0.39 is 0 Å². The Kier molecular flexibility index (Phi) is 5.63. The summed E-state index contributed by atoms with van der Waals surface area (Å²) in [6, 6.07) is 12.0. The number of nitrogens with zero attached hydrogens (tertiary/aromatic N) is 4. The molecule has 6 aromatic rings. The van der Waals surface area contributed by atoms with Crippen LogP contribution in [0.4, 0.5) is 0 Å². The van der Waals surface area contributed by atoms with Gasteiger partial charge in [0.2, 0.25) is 0 Å². The van der Waals surface area contributed by atoms with Crippen LogP contribution in [0.5, 0.6) is 0 Å². The molecule has 0 saturated carbocycles. The van der Waals surface area contributed by atoms with Gasteiger partial charge in [0, 0.05) is 46.5 Å². The molecular formula is C27H23N7OS. The van der Waals surface area contributed by atoms with Crippen molar-refractivity contribution in [3.63, 3.8) is 0 Å². The third kappa shape index (κ3) is 3.98. The smallest absolute Gasteiger partial charge is 0.169 e. The molecular weight excluding hydrogens is 470 g/mol. The maximum atomic E-state index is 11.8. The van der Waals surface area contributed by atoms with E-state index in [1.807, 2.05) is 42.9 Å². The molecule has 0 aliphatic carbocycles. The standard InChI is InChI=1S/C27H23N7OS/c1-3-28-10-16-8-17(12-29-11-16)20-4-5-21-26(32-20)27(34-33-21)22-9-18-19(13-30-14-23(18)31-22)25-7-6-24(36-25)15(2)35/h4-9,11-14,28,31H,3,10H2,1-2H3,(H,33,34).